The summed E-state index contributed by atoms with van der Waals surface area (Å²) in [5, 5.41) is 11.5. The number of carbonyl (C=O) groups excluding carboxylic acids is 1. The molecule has 2 aliphatic heterocycles. The molecular weight excluding hydrogens is 380 g/mol. The number of nitro benzene ring substituents is 1. The first kappa shape index (κ1) is 18.5. The predicted molar refractivity (Wildman–Crippen MR) is 108 cm³/mol. The Balaban J connectivity index is 1.47. The number of thioether (sulfide) groups is 1. The summed E-state index contributed by atoms with van der Waals surface area (Å²) in [7, 11) is 2.08. The molecule has 1 aromatic carbocycles. The Hall–Kier alpha value is -2.91. The SMILES string of the molecule is CN1CCN(C2=NC(=O)/C(=C/c3ccc(-c4ccc([N+](=O)[O-])cc4)o3)S2)CC1. The van der Waals surface area contributed by atoms with Gasteiger partial charge in [0.2, 0.25) is 0 Å². The molecular formula is C19H18N4O4S. The number of nitrogens with zero attached hydrogens (tertiary/aromatic N) is 4. The van der Waals surface area contributed by atoms with Crippen LogP contribution in [-0.4, -0.2) is 59.0 Å². The third kappa shape index (κ3) is 3.85. The van der Waals surface area contributed by atoms with E-state index in [9.17, 15) is 14.9 Å². The number of amides is 1. The van der Waals surface area contributed by atoms with Crippen LogP contribution >= 0.6 is 11.8 Å². The molecule has 144 valence electrons. The number of rotatable bonds is 3. The first-order chi connectivity index (χ1) is 13.5. The quantitative estimate of drug-likeness (QED) is 0.446. The lowest BCUT2D eigenvalue weighted by Crippen LogP contribution is -2.46. The zero-order valence-corrected chi connectivity index (χ0v) is 16.0. The molecule has 0 N–H and O–H groups in total. The second-order valence-corrected chi connectivity index (χ2v) is 7.62. The summed E-state index contributed by atoms with van der Waals surface area (Å²) in [4.78, 5) is 31.7. The van der Waals surface area contributed by atoms with Gasteiger partial charge in [0.15, 0.2) is 5.17 Å². The molecule has 28 heavy (non-hydrogen) atoms. The van der Waals surface area contributed by atoms with E-state index >= 15 is 0 Å². The van der Waals surface area contributed by atoms with E-state index in [-0.39, 0.29) is 11.6 Å². The fourth-order valence-electron chi connectivity index (χ4n) is 2.99. The molecule has 2 aliphatic rings. The van der Waals surface area contributed by atoms with Crippen LogP contribution in [0.25, 0.3) is 17.4 Å². The highest BCUT2D eigenvalue weighted by atomic mass is 32.2. The van der Waals surface area contributed by atoms with Gasteiger partial charge < -0.3 is 14.2 Å². The third-order valence-corrected chi connectivity index (χ3v) is 5.69. The second kappa shape index (κ2) is 7.61. The average molecular weight is 398 g/mol. The summed E-state index contributed by atoms with van der Waals surface area (Å²) < 4.78 is 5.79. The highest BCUT2D eigenvalue weighted by Gasteiger charge is 2.28. The Labute approximate surface area is 165 Å². The lowest BCUT2D eigenvalue weighted by atomic mass is 10.1. The zero-order valence-electron chi connectivity index (χ0n) is 15.2. The molecule has 0 unspecified atom stereocenters. The van der Waals surface area contributed by atoms with Crippen molar-refractivity contribution in [2.75, 3.05) is 33.2 Å². The minimum Gasteiger partial charge on any atom is -0.457 e. The summed E-state index contributed by atoms with van der Waals surface area (Å²) in [6.07, 6.45) is 1.69. The summed E-state index contributed by atoms with van der Waals surface area (Å²) >= 11 is 1.37. The van der Waals surface area contributed by atoms with Crippen LogP contribution in [-0.2, 0) is 4.79 Å². The van der Waals surface area contributed by atoms with Gasteiger partial charge in [-0.05, 0) is 43.1 Å². The van der Waals surface area contributed by atoms with Gasteiger partial charge in [0.1, 0.15) is 11.5 Å². The smallest absolute Gasteiger partial charge is 0.286 e. The Morgan fingerprint density at radius 1 is 1.14 bits per heavy atom. The van der Waals surface area contributed by atoms with Crippen molar-refractivity contribution in [2.45, 2.75) is 0 Å². The van der Waals surface area contributed by atoms with Gasteiger partial charge in [-0.3, -0.25) is 14.9 Å². The molecule has 8 nitrogen and oxygen atoms in total. The maximum absolute atomic E-state index is 12.3. The molecule has 0 spiro atoms. The molecule has 0 bridgehead atoms. The second-order valence-electron chi connectivity index (χ2n) is 6.61. The zero-order chi connectivity index (χ0) is 19.7. The number of nitro groups is 1. The van der Waals surface area contributed by atoms with Crippen LogP contribution in [0.3, 0.4) is 0 Å². The van der Waals surface area contributed by atoms with Gasteiger partial charge >= 0.3 is 0 Å². The van der Waals surface area contributed by atoms with E-state index in [1.54, 1.807) is 30.3 Å². The minimum absolute atomic E-state index is 0.0270. The van der Waals surface area contributed by atoms with Crippen LogP contribution in [0.5, 0.6) is 0 Å². The lowest BCUT2D eigenvalue weighted by molar-refractivity contribution is -0.384. The number of carbonyl (C=O) groups is 1. The Bertz CT molecular complexity index is 972. The Kier molecular flexibility index (Phi) is 5.01. The van der Waals surface area contributed by atoms with Crippen molar-refractivity contribution in [1.82, 2.24) is 9.80 Å². The summed E-state index contributed by atoms with van der Waals surface area (Å²) in [6, 6.07) is 9.69. The number of hydrogen-bond acceptors (Lipinski definition) is 7. The largest absolute Gasteiger partial charge is 0.457 e. The molecule has 0 radical (unpaired) electrons. The topological polar surface area (TPSA) is 92.2 Å². The molecule has 1 amide bonds. The standard InChI is InChI=1S/C19H18N4O4S/c1-21-8-10-22(11-9-21)19-20-18(24)17(28-19)12-15-6-7-16(27-15)13-2-4-14(5-3-13)23(25)26/h2-7,12H,8-11H2,1H3/b17-12-. The van der Waals surface area contributed by atoms with Gasteiger partial charge in [-0.15, -0.1) is 0 Å². The number of piperazine rings is 1. The lowest BCUT2D eigenvalue weighted by Gasteiger charge is -2.32. The van der Waals surface area contributed by atoms with Gasteiger partial charge in [-0.2, -0.15) is 4.99 Å². The predicted octanol–water partition coefficient (Wildman–Crippen LogP) is 3.07. The van der Waals surface area contributed by atoms with Crippen LogP contribution in [0.2, 0.25) is 0 Å². The van der Waals surface area contributed by atoms with Crippen molar-refractivity contribution in [2.24, 2.45) is 4.99 Å². The highest BCUT2D eigenvalue weighted by Crippen LogP contribution is 2.32. The van der Waals surface area contributed by atoms with Gasteiger partial charge in [0.25, 0.3) is 11.6 Å². The fraction of sp³-hybridized carbons (Fsp3) is 0.263. The van der Waals surface area contributed by atoms with Crippen LogP contribution in [0.15, 0.2) is 50.7 Å². The fourth-order valence-corrected chi connectivity index (χ4v) is 3.94. The molecule has 1 fully saturated rings. The molecule has 1 saturated heterocycles. The maximum Gasteiger partial charge on any atom is 0.286 e. The number of furan rings is 1. The Morgan fingerprint density at radius 2 is 1.86 bits per heavy atom. The number of hydrogen-bond donors (Lipinski definition) is 0. The van der Waals surface area contributed by atoms with Crippen LogP contribution in [0, 0.1) is 10.1 Å². The van der Waals surface area contributed by atoms with Gasteiger partial charge in [0, 0.05) is 50.0 Å². The van der Waals surface area contributed by atoms with Crippen molar-refractivity contribution in [3.63, 3.8) is 0 Å². The number of non-ortho nitro benzene ring substituents is 1. The number of aliphatic imine (C=N–C) groups is 1. The van der Waals surface area contributed by atoms with Gasteiger partial charge in [0.05, 0.1) is 9.83 Å². The third-order valence-electron chi connectivity index (χ3n) is 4.65. The molecule has 0 saturated carbocycles. The molecule has 0 atom stereocenters. The van der Waals surface area contributed by atoms with E-state index in [1.807, 2.05) is 0 Å². The molecule has 0 aliphatic carbocycles. The first-order valence-corrected chi connectivity index (χ1v) is 9.62. The molecule has 9 heteroatoms. The van der Waals surface area contributed by atoms with Crippen LogP contribution < -0.4 is 0 Å². The number of amidine groups is 1. The van der Waals surface area contributed by atoms with E-state index in [1.165, 1.54) is 23.9 Å². The van der Waals surface area contributed by atoms with Crippen molar-refractivity contribution in [1.29, 1.82) is 0 Å². The molecule has 4 rings (SSSR count). The van der Waals surface area contributed by atoms with Crippen molar-refractivity contribution >= 4 is 34.6 Å². The Morgan fingerprint density at radius 3 is 2.54 bits per heavy atom. The summed E-state index contributed by atoms with van der Waals surface area (Å²) in [5.41, 5.74) is 0.759. The van der Waals surface area contributed by atoms with Crippen molar-refractivity contribution in [3.8, 4) is 11.3 Å². The highest BCUT2D eigenvalue weighted by molar-refractivity contribution is 8.18. The van der Waals surface area contributed by atoms with E-state index in [0.29, 0.717) is 16.4 Å². The van der Waals surface area contributed by atoms with Crippen molar-refractivity contribution in [3.05, 3.63) is 57.2 Å². The van der Waals surface area contributed by atoms with E-state index in [2.05, 4.69) is 21.8 Å². The van der Waals surface area contributed by atoms with Gasteiger partial charge in [-0.25, -0.2) is 0 Å². The molecule has 3 heterocycles. The van der Waals surface area contributed by atoms with Crippen LogP contribution in [0.1, 0.15) is 5.76 Å². The summed E-state index contributed by atoms with van der Waals surface area (Å²) in [6.45, 7) is 3.61. The van der Waals surface area contributed by atoms with Gasteiger partial charge in [-0.1, -0.05) is 0 Å². The monoisotopic (exact) mass is 398 g/mol. The van der Waals surface area contributed by atoms with Crippen LogP contribution in [0.4, 0.5) is 5.69 Å². The van der Waals surface area contributed by atoms with E-state index < -0.39 is 4.92 Å². The maximum atomic E-state index is 12.3. The summed E-state index contributed by atoms with van der Waals surface area (Å²) in [5.74, 6) is 0.864. The molecule has 2 aromatic rings. The first-order valence-electron chi connectivity index (χ1n) is 8.80. The van der Waals surface area contributed by atoms with Crippen molar-refractivity contribution < 1.29 is 14.1 Å². The van der Waals surface area contributed by atoms with E-state index in [0.717, 1.165) is 36.9 Å². The molecule has 1 aromatic heterocycles. The number of benzene rings is 1. The minimum atomic E-state index is -0.442. The normalized spacial score (nSPS) is 19.3. The average Bonchev–Trinajstić information content (AvgIpc) is 3.30. The number of likely N-dealkylation sites (N-methyl/N-ethyl adjacent to an activating group) is 1. The van der Waals surface area contributed by atoms with E-state index in [4.69, 9.17) is 4.42 Å².